The number of nitrogens with one attached hydrogen (secondary N) is 1. The highest BCUT2D eigenvalue weighted by atomic mass is 15.2. The average molecular weight is 280 g/mol. The first-order valence-corrected chi connectivity index (χ1v) is 9.10. The van der Waals surface area contributed by atoms with Crippen LogP contribution in [0.15, 0.2) is 0 Å². The van der Waals surface area contributed by atoms with Crippen molar-refractivity contribution >= 4 is 0 Å². The molecule has 0 spiro atoms. The molecule has 1 aliphatic heterocycles. The van der Waals surface area contributed by atoms with Gasteiger partial charge in [0.1, 0.15) is 0 Å². The van der Waals surface area contributed by atoms with Gasteiger partial charge in [0.25, 0.3) is 0 Å². The van der Waals surface area contributed by atoms with Gasteiger partial charge in [0.15, 0.2) is 0 Å². The minimum absolute atomic E-state index is 0.574. The molecule has 1 N–H and O–H groups in total. The van der Waals surface area contributed by atoms with Gasteiger partial charge in [0, 0.05) is 12.1 Å². The summed E-state index contributed by atoms with van der Waals surface area (Å²) < 4.78 is 0. The van der Waals surface area contributed by atoms with E-state index >= 15 is 0 Å². The van der Waals surface area contributed by atoms with Gasteiger partial charge in [-0.25, -0.2) is 0 Å². The normalized spacial score (nSPS) is 32.5. The molecule has 2 nitrogen and oxygen atoms in total. The van der Waals surface area contributed by atoms with E-state index in [9.17, 15) is 0 Å². The molecule has 2 fully saturated rings. The topological polar surface area (TPSA) is 15.3 Å². The van der Waals surface area contributed by atoms with Gasteiger partial charge in [0.05, 0.1) is 0 Å². The van der Waals surface area contributed by atoms with Crippen LogP contribution in [0.25, 0.3) is 0 Å². The molecule has 2 rings (SSSR count). The number of likely N-dealkylation sites (tertiary alicyclic amines) is 1. The molecule has 2 unspecified atom stereocenters. The van der Waals surface area contributed by atoms with Gasteiger partial charge in [0.2, 0.25) is 0 Å². The van der Waals surface area contributed by atoms with E-state index in [0.717, 1.165) is 12.1 Å². The van der Waals surface area contributed by atoms with E-state index in [0.29, 0.717) is 5.41 Å². The van der Waals surface area contributed by atoms with Crippen LogP contribution in [0.3, 0.4) is 0 Å². The zero-order valence-corrected chi connectivity index (χ0v) is 14.1. The summed E-state index contributed by atoms with van der Waals surface area (Å²) >= 11 is 0. The molecule has 1 heterocycles. The van der Waals surface area contributed by atoms with Crippen molar-refractivity contribution in [3.8, 4) is 0 Å². The van der Waals surface area contributed by atoms with Crippen molar-refractivity contribution in [2.75, 3.05) is 19.6 Å². The summed E-state index contributed by atoms with van der Waals surface area (Å²) in [6, 6.07) is 1.55. The lowest BCUT2D eigenvalue weighted by Gasteiger charge is -2.44. The van der Waals surface area contributed by atoms with Crippen LogP contribution < -0.4 is 5.32 Å². The SMILES string of the molecule is CCCNC1CCCCCCC1N1CCC(C)(C)CC1. The number of hydrogen-bond acceptors (Lipinski definition) is 2. The third-order valence-corrected chi connectivity index (χ3v) is 5.51. The fourth-order valence-electron chi connectivity index (χ4n) is 3.93. The molecule has 2 atom stereocenters. The Morgan fingerprint density at radius 2 is 1.65 bits per heavy atom. The smallest absolute Gasteiger partial charge is 0.0249 e. The molecule has 2 heteroatoms. The molecule has 1 saturated heterocycles. The molecule has 0 aromatic carbocycles. The van der Waals surface area contributed by atoms with E-state index in [1.165, 1.54) is 77.4 Å². The summed E-state index contributed by atoms with van der Waals surface area (Å²) in [7, 11) is 0. The predicted molar refractivity (Wildman–Crippen MR) is 88.2 cm³/mol. The summed E-state index contributed by atoms with van der Waals surface area (Å²) in [6.07, 6.45) is 12.6. The Kier molecular flexibility index (Phi) is 6.35. The molecule has 1 aliphatic carbocycles. The van der Waals surface area contributed by atoms with Crippen LogP contribution in [0.5, 0.6) is 0 Å². The molecular weight excluding hydrogens is 244 g/mol. The second kappa shape index (κ2) is 7.79. The number of rotatable bonds is 4. The second-order valence-corrected chi connectivity index (χ2v) is 7.82. The third kappa shape index (κ3) is 4.73. The van der Waals surface area contributed by atoms with E-state index < -0.39 is 0 Å². The standard InChI is InChI=1S/C18H36N2/c1-4-13-19-16-9-7-5-6-8-10-17(16)20-14-11-18(2,3)12-15-20/h16-17,19H,4-15H2,1-3H3. The zero-order valence-electron chi connectivity index (χ0n) is 14.1. The Balaban J connectivity index is 1.95. The predicted octanol–water partition coefficient (Wildman–Crippen LogP) is 4.20. The van der Waals surface area contributed by atoms with Gasteiger partial charge in [-0.1, -0.05) is 46.5 Å². The van der Waals surface area contributed by atoms with Crippen LogP contribution in [0.4, 0.5) is 0 Å². The molecule has 118 valence electrons. The van der Waals surface area contributed by atoms with Gasteiger partial charge < -0.3 is 5.32 Å². The molecule has 0 aromatic heterocycles. The molecule has 0 amide bonds. The highest BCUT2D eigenvalue weighted by molar-refractivity contribution is 4.90. The van der Waals surface area contributed by atoms with Crippen LogP contribution in [0, 0.1) is 5.41 Å². The van der Waals surface area contributed by atoms with Crippen molar-refractivity contribution in [1.82, 2.24) is 10.2 Å². The molecular formula is C18H36N2. The van der Waals surface area contributed by atoms with Crippen LogP contribution in [0.1, 0.15) is 78.6 Å². The first-order chi connectivity index (χ1) is 9.62. The molecule has 0 radical (unpaired) electrons. The number of piperidine rings is 1. The number of hydrogen-bond donors (Lipinski definition) is 1. The Morgan fingerprint density at radius 3 is 2.30 bits per heavy atom. The summed E-state index contributed by atoms with van der Waals surface area (Å²) in [5.74, 6) is 0. The van der Waals surface area contributed by atoms with Gasteiger partial charge in [-0.15, -0.1) is 0 Å². The van der Waals surface area contributed by atoms with E-state index in [1.54, 1.807) is 0 Å². The molecule has 2 aliphatic rings. The van der Waals surface area contributed by atoms with Gasteiger partial charge in [-0.3, -0.25) is 4.90 Å². The highest BCUT2D eigenvalue weighted by Crippen LogP contribution is 2.33. The quantitative estimate of drug-likeness (QED) is 0.830. The maximum atomic E-state index is 3.87. The maximum absolute atomic E-state index is 3.87. The Morgan fingerprint density at radius 1 is 1.00 bits per heavy atom. The Hall–Kier alpha value is -0.0800. The van der Waals surface area contributed by atoms with Gasteiger partial charge >= 0.3 is 0 Å². The third-order valence-electron chi connectivity index (χ3n) is 5.51. The Labute approximate surface area is 126 Å². The van der Waals surface area contributed by atoms with Crippen molar-refractivity contribution in [3.05, 3.63) is 0 Å². The minimum atomic E-state index is 0.574. The van der Waals surface area contributed by atoms with Crippen LogP contribution in [-0.2, 0) is 0 Å². The highest BCUT2D eigenvalue weighted by Gasteiger charge is 2.33. The fourth-order valence-corrected chi connectivity index (χ4v) is 3.93. The second-order valence-electron chi connectivity index (χ2n) is 7.82. The van der Waals surface area contributed by atoms with Crippen LogP contribution in [-0.4, -0.2) is 36.6 Å². The van der Waals surface area contributed by atoms with E-state index in [1.807, 2.05) is 0 Å². The molecule has 0 aromatic rings. The average Bonchev–Trinajstić information content (AvgIpc) is 2.39. The van der Waals surface area contributed by atoms with E-state index in [-0.39, 0.29) is 0 Å². The maximum Gasteiger partial charge on any atom is 0.0249 e. The fraction of sp³-hybridized carbons (Fsp3) is 1.00. The largest absolute Gasteiger partial charge is 0.312 e. The van der Waals surface area contributed by atoms with Crippen molar-refractivity contribution < 1.29 is 0 Å². The first kappa shape index (κ1) is 16.3. The summed E-state index contributed by atoms with van der Waals surface area (Å²) in [6.45, 7) is 11.0. The van der Waals surface area contributed by atoms with Crippen LogP contribution in [0.2, 0.25) is 0 Å². The van der Waals surface area contributed by atoms with E-state index in [4.69, 9.17) is 0 Å². The number of nitrogens with zero attached hydrogens (tertiary/aromatic N) is 1. The lowest BCUT2D eigenvalue weighted by Crippen LogP contribution is -2.53. The minimum Gasteiger partial charge on any atom is -0.312 e. The van der Waals surface area contributed by atoms with Crippen LogP contribution >= 0.6 is 0 Å². The van der Waals surface area contributed by atoms with Crippen molar-refractivity contribution in [3.63, 3.8) is 0 Å². The summed E-state index contributed by atoms with van der Waals surface area (Å²) in [5.41, 5.74) is 0.574. The zero-order chi connectivity index (χ0) is 14.4. The van der Waals surface area contributed by atoms with Crippen molar-refractivity contribution in [2.45, 2.75) is 90.6 Å². The summed E-state index contributed by atoms with van der Waals surface area (Å²) in [4.78, 5) is 2.82. The van der Waals surface area contributed by atoms with Gasteiger partial charge in [-0.05, 0) is 57.2 Å². The van der Waals surface area contributed by atoms with E-state index in [2.05, 4.69) is 31.0 Å². The lowest BCUT2D eigenvalue weighted by atomic mass is 9.81. The van der Waals surface area contributed by atoms with Crippen molar-refractivity contribution in [2.24, 2.45) is 5.41 Å². The molecule has 0 bridgehead atoms. The first-order valence-electron chi connectivity index (χ1n) is 9.10. The molecule has 20 heavy (non-hydrogen) atoms. The van der Waals surface area contributed by atoms with Gasteiger partial charge in [-0.2, -0.15) is 0 Å². The molecule has 1 saturated carbocycles. The lowest BCUT2D eigenvalue weighted by molar-refractivity contribution is 0.0648. The monoisotopic (exact) mass is 280 g/mol. The van der Waals surface area contributed by atoms with Crippen molar-refractivity contribution in [1.29, 1.82) is 0 Å². The summed E-state index contributed by atoms with van der Waals surface area (Å²) in [5, 5.41) is 3.87. The Bertz CT molecular complexity index is 263.